The summed E-state index contributed by atoms with van der Waals surface area (Å²) in [6, 6.07) is 58.7. The Bertz CT molecular complexity index is 3480. The van der Waals surface area contributed by atoms with Crippen LogP contribution in [0.3, 0.4) is 0 Å². The molecule has 8 heteroatoms. The number of thiazole rings is 2. The van der Waals surface area contributed by atoms with Crippen molar-refractivity contribution < 1.29 is 4.74 Å². The molecule has 0 N–H and O–H groups in total. The third-order valence-electron chi connectivity index (χ3n) is 11.1. The molecule has 272 valence electrons. The topological polar surface area (TPSA) is 38.2 Å². The van der Waals surface area contributed by atoms with E-state index in [1.54, 1.807) is 22.7 Å². The van der Waals surface area contributed by atoms with Crippen LogP contribution in [-0.2, 0) is 0 Å². The van der Waals surface area contributed by atoms with Gasteiger partial charge in [0.25, 0.3) is 0 Å². The summed E-state index contributed by atoms with van der Waals surface area (Å²) in [5.41, 5.74) is 12.2. The minimum Gasteiger partial charge on any atom is -0.453 e. The Labute approximate surface area is 349 Å². The van der Waals surface area contributed by atoms with Gasteiger partial charge in [0.2, 0.25) is 0 Å². The van der Waals surface area contributed by atoms with E-state index in [0.717, 1.165) is 65.6 Å². The molecule has 13 rings (SSSR count). The van der Waals surface area contributed by atoms with Crippen LogP contribution in [0.1, 0.15) is 0 Å². The molecule has 58 heavy (non-hydrogen) atoms. The first kappa shape index (κ1) is 32.8. The number of nitrogens with zero attached hydrogens (tertiary/aromatic N) is 3. The van der Waals surface area contributed by atoms with Gasteiger partial charge in [-0.2, -0.15) is 0 Å². The highest BCUT2D eigenvalue weighted by Crippen LogP contribution is 2.63. The highest BCUT2D eigenvalue weighted by atomic mass is 32.2. The van der Waals surface area contributed by atoms with Crippen LogP contribution >= 0.6 is 45.8 Å². The molecule has 8 aromatic carbocycles. The van der Waals surface area contributed by atoms with Crippen molar-refractivity contribution in [2.24, 2.45) is 0 Å². The molecule has 0 radical (unpaired) electrons. The summed E-state index contributed by atoms with van der Waals surface area (Å²) in [5.74, 6) is 1.67. The zero-order valence-corrected chi connectivity index (χ0v) is 33.7. The summed E-state index contributed by atoms with van der Waals surface area (Å²) in [7, 11) is 0. The van der Waals surface area contributed by atoms with E-state index in [1.165, 1.54) is 56.7 Å². The molecule has 0 bridgehead atoms. The van der Waals surface area contributed by atoms with Gasteiger partial charge < -0.3 is 9.64 Å². The van der Waals surface area contributed by atoms with E-state index >= 15 is 0 Å². The SMILES string of the molecule is c1ccc(-c2ccc3nc(-c4ccc5c(c4)N4c6cc7sc8ccccc8c7cc6Sc6c(-c7nc8ccc(-c9ccccc9)cc8s7)ccc(c64)O5)sc3c2)cc1. The zero-order chi connectivity index (χ0) is 37.9. The zero-order valence-electron chi connectivity index (χ0n) is 30.5. The predicted molar refractivity (Wildman–Crippen MR) is 246 cm³/mol. The molecule has 11 aromatic rings. The molecule has 0 atom stereocenters. The predicted octanol–water partition coefficient (Wildman–Crippen LogP) is 16.0. The van der Waals surface area contributed by atoms with Crippen molar-refractivity contribution >= 4 is 103 Å². The lowest BCUT2D eigenvalue weighted by molar-refractivity contribution is 0.475. The molecular weight excluding hydrogens is 787 g/mol. The summed E-state index contributed by atoms with van der Waals surface area (Å²) >= 11 is 7.16. The monoisotopic (exact) mass is 813 g/mol. The lowest BCUT2D eigenvalue weighted by atomic mass is 10.0. The normalized spacial score (nSPS) is 12.9. The number of aromatic nitrogens is 2. The maximum Gasteiger partial charge on any atom is 0.152 e. The summed E-state index contributed by atoms with van der Waals surface area (Å²) in [4.78, 5) is 15.2. The van der Waals surface area contributed by atoms with Gasteiger partial charge in [0.05, 0.1) is 36.7 Å². The van der Waals surface area contributed by atoms with Gasteiger partial charge in [-0.1, -0.05) is 103 Å². The summed E-state index contributed by atoms with van der Waals surface area (Å²) in [6.45, 7) is 0. The van der Waals surface area contributed by atoms with Crippen LogP contribution in [0.5, 0.6) is 11.5 Å². The molecule has 0 saturated carbocycles. The van der Waals surface area contributed by atoms with Gasteiger partial charge in [-0.25, -0.2) is 9.97 Å². The molecule has 0 amide bonds. The van der Waals surface area contributed by atoms with Crippen molar-refractivity contribution in [3.63, 3.8) is 0 Å². The highest BCUT2D eigenvalue weighted by Gasteiger charge is 2.37. The largest absolute Gasteiger partial charge is 0.453 e. The van der Waals surface area contributed by atoms with Crippen molar-refractivity contribution in [2.75, 3.05) is 4.90 Å². The second kappa shape index (κ2) is 12.6. The van der Waals surface area contributed by atoms with Crippen molar-refractivity contribution in [1.82, 2.24) is 9.97 Å². The molecule has 5 heterocycles. The molecule has 3 aromatic heterocycles. The molecule has 2 aliphatic rings. The Morgan fingerprint density at radius 3 is 1.84 bits per heavy atom. The molecular formula is C50H27N3OS4. The number of thiophene rings is 1. The minimum absolute atomic E-state index is 0.824. The third-order valence-corrected chi connectivity index (χ3v) is 15.5. The fourth-order valence-corrected chi connectivity index (χ4v) is 12.8. The minimum atomic E-state index is 0.824. The number of ether oxygens (including phenoxy) is 1. The second-order valence-corrected chi connectivity index (χ2v) is 18.8. The second-order valence-electron chi connectivity index (χ2n) is 14.6. The van der Waals surface area contributed by atoms with E-state index < -0.39 is 0 Å². The van der Waals surface area contributed by atoms with Crippen LogP contribution in [0, 0.1) is 0 Å². The third kappa shape index (κ3) is 5.06. The quantitative estimate of drug-likeness (QED) is 0.177. The van der Waals surface area contributed by atoms with Crippen LogP contribution < -0.4 is 9.64 Å². The number of anilines is 3. The first-order valence-corrected chi connectivity index (χ1v) is 22.3. The molecule has 0 saturated heterocycles. The van der Waals surface area contributed by atoms with Gasteiger partial charge in [0.1, 0.15) is 15.7 Å². The van der Waals surface area contributed by atoms with Gasteiger partial charge in [0, 0.05) is 36.2 Å². The van der Waals surface area contributed by atoms with E-state index in [4.69, 9.17) is 14.7 Å². The molecule has 0 fully saturated rings. The standard InChI is InChI=1S/C50H27N3OS4/c1-3-9-28(10-4-1)30-15-19-36-44(24-30)57-49(51-36)32-17-21-40-38(23-32)53-39-27-43-35(33-13-7-8-14-42(33)55-43)26-46(39)56-48-34(18-22-41(54-40)47(48)53)50-52-37-20-16-31(25-45(37)58-50)29-11-5-2-6-12-29/h1-27H. The molecule has 4 nitrogen and oxygen atoms in total. The van der Waals surface area contributed by atoms with Crippen molar-refractivity contribution in [2.45, 2.75) is 9.79 Å². The average molecular weight is 814 g/mol. The van der Waals surface area contributed by atoms with Gasteiger partial charge >= 0.3 is 0 Å². The van der Waals surface area contributed by atoms with Crippen molar-refractivity contribution in [1.29, 1.82) is 0 Å². The Hall–Kier alpha value is -6.29. The lowest BCUT2D eigenvalue weighted by Gasteiger charge is -2.39. The van der Waals surface area contributed by atoms with E-state index in [0.29, 0.717) is 0 Å². The van der Waals surface area contributed by atoms with Crippen LogP contribution in [0.25, 0.3) is 84.0 Å². The first-order valence-electron chi connectivity index (χ1n) is 19.0. The number of rotatable bonds is 4. The molecule has 0 spiro atoms. The smallest absolute Gasteiger partial charge is 0.152 e. The van der Waals surface area contributed by atoms with Gasteiger partial charge in [-0.15, -0.1) is 34.0 Å². The van der Waals surface area contributed by atoms with Crippen LogP contribution in [-0.4, -0.2) is 9.97 Å². The van der Waals surface area contributed by atoms with E-state index in [-0.39, 0.29) is 0 Å². The van der Waals surface area contributed by atoms with E-state index in [2.05, 4.69) is 169 Å². The maximum absolute atomic E-state index is 6.82. The number of benzene rings is 8. The summed E-state index contributed by atoms with van der Waals surface area (Å²) in [6.07, 6.45) is 0. The van der Waals surface area contributed by atoms with Crippen LogP contribution in [0.15, 0.2) is 174 Å². The summed E-state index contributed by atoms with van der Waals surface area (Å²) in [5, 5.41) is 4.56. The Morgan fingerprint density at radius 1 is 0.431 bits per heavy atom. The number of fused-ring (bicyclic) bond motifs is 9. The van der Waals surface area contributed by atoms with E-state index in [9.17, 15) is 0 Å². The maximum atomic E-state index is 6.82. The van der Waals surface area contributed by atoms with Gasteiger partial charge in [-0.3, -0.25) is 0 Å². The van der Waals surface area contributed by atoms with Gasteiger partial charge in [0.15, 0.2) is 11.5 Å². The number of hydrogen-bond donors (Lipinski definition) is 0. The first-order chi connectivity index (χ1) is 28.7. The van der Waals surface area contributed by atoms with Gasteiger partial charge in [-0.05, 0) is 95.1 Å². The molecule has 0 unspecified atom stereocenters. The average Bonchev–Trinajstić information content (AvgIpc) is 4.01. The van der Waals surface area contributed by atoms with Crippen molar-refractivity contribution in [3.8, 4) is 54.9 Å². The lowest BCUT2D eigenvalue weighted by Crippen LogP contribution is -2.20. The van der Waals surface area contributed by atoms with Crippen LogP contribution in [0.4, 0.5) is 17.1 Å². The fourth-order valence-electron chi connectivity index (χ4n) is 8.33. The fraction of sp³-hybridized carbons (Fsp3) is 0. The van der Waals surface area contributed by atoms with Crippen molar-refractivity contribution in [3.05, 3.63) is 164 Å². The molecule has 2 aliphatic heterocycles. The molecule has 0 aliphatic carbocycles. The van der Waals surface area contributed by atoms with E-state index in [1.807, 2.05) is 23.1 Å². The number of hydrogen-bond acceptors (Lipinski definition) is 8. The Kier molecular flexibility index (Phi) is 7.12. The Balaban J connectivity index is 0.988. The van der Waals surface area contributed by atoms with Crippen LogP contribution in [0.2, 0.25) is 0 Å². The Morgan fingerprint density at radius 2 is 1.09 bits per heavy atom. The highest BCUT2D eigenvalue weighted by molar-refractivity contribution is 8.00. The summed E-state index contributed by atoms with van der Waals surface area (Å²) < 4.78 is 11.7.